The van der Waals surface area contributed by atoms with Crippen LogP contribution in [0.2, 0.25) is 0 Å². The molecule has 1 amide bonds. The molecule has 0 saturated carbocycles. The van der Waals surface area contributed by atoms with Crippen LogP contribution >= 0.6 is 0 Å². The number of hydrogen-bond acceptors (Lipinski definition) is 6. The number of alkyl halides is 2. The summed E-state index contributed by atoms with van der Waals surface area (Å²) in [4.78, 5) is 9.53. The number of amides is 1. The Morgan fingerprint density at radius 3 is 2.40 bits per heavy atom. The van der Waals surface area contributed by atoms with Crippen molar-refractivity contribution in [3.8, 4) is 0 Å². The van der Waals surface area contributed by atoms with Crippen molar-refractivity contribution in [2.24, 2.45) is 0 Å². The molecule has 1 aromatic carbocycles. The van der Waals surface area contributed by atoms with Crippen molar-refractivity contribution in [1.29, 1.82) is 0 Å². The zero-order valence-electron chi connectivity index (χ0n) is 13.1. The summed E-state index contributed by atoms with van der Waals surface area (Å²) < 4.78 is 79.9. The average Bonchev–Trinajstić information content (AvgIpc) is 3.03. The molecule has 0 radical (unpaired) electrons. The van der Waals surface area contributed by atoms with Crippen LogP contribution in [0, 0.1) is 0 Å². The summed E-state index contributed by atoms with van der Waals surface area (Å²) in [5, 5.41) is 2.44. The van der Waals surface area contributed by atoms with Gasteiger partial charge in [0.2, 0.25) is 19.9 Å². The number of methoxy groups -OCH3 is 1. The molecule has 0 bridgehead atoms. The van der Waals surface area contributed by atoms with E-state index >= 15 is 0 Å². The maximum absolute atomic E-state index is 12.8. The molecule has 1 fully saturated rings. The Kier molecular flexibility index (Phi) is 5.64. The molecule has 1 aliphatic rings. The number of hydrogen-bond donors (Lipinski definition) is 1. The van der Waals surface area contributed by atoms with Crippen molar-refractivity contribution in [3.05, 3.63) is 24.3 Å². The number of benzene rings is 1. The summed E-state index contributed by atoms with van der Waals surface area (Å²) in [5.74, 6) is -3.74. The van der Waals surface area contributed by atoms with Gasteiger partial charge in [0.25, 0.3) is 0 Å². The number of nitrogens with one attached hydrogen (secondary N) is 1. The Bertz CT molecular complexity index is 857. The van der Waals surface area contributed by atoms with Crippen LogP contribution in [0.15, 0.2) is 34.1 Å². The fourth-order valence-electron chi connectivity index (χ4n) is 2.42. The second kappa shape index (κ2) is 7.22. The van der Waals surface area contributed by atoms with E-state index < -0.39 is 47.5 Å². The van der Waals surface area contributed by atoms with Crippen LogP contribution in [-0.4, -0.2) is 59.2 Å². The van der Waals surface area contributed by atoms with E-state index in [9.17, 15) is 30.4 Å². The predicted molar refractivity (Wildman–Crippen MR) is 82.3 cm³/mol. The molecule has 25 heavy (non-hydrogen) atoms. The maximum Gasteiger partial charge on any atom is 0.407 e. The zero-order valence-corrected chi connectivity index (χ0v) is 14.7. The quantitative estimate of drug-likeness (QED) is 0.786. The van der Waals surface area contributed by atoms with Crippen LogP contribution < -0.4 is 5.32 Å². The Labute approximate surface area is 143 Å². The minimum absolute atomic E-state index is 0.0000543. The molecule has 1 unspecified atom stereocenters. The van der Waals surface area contributed by atoms with E-state index in [1.54, 1.807) is 0 Å². The van der Waals surface area contributed by atoms with Gasteiger partial charge in [0.1, 0.15) is 4.90 Å². The maximum atomic E-state index is 12.8. The van der Waals surface area contributed by atoms with Crippen LogP contribution in [0.4, 0.5) is 13.6 Å². The molecular weight excluding hydrogens is 382 g/mol. The van der Waals surface area contributed by atoms with Gasteiger partial charge in [-0.1, -0.05) is 12.1 Å². The van der Waals surface area contributed by atoms with E-state index in [1.807, 2.05) is 0 Å². The van der Waals surface area contributed by atoms with Crippen molar-refractivity contribution < 1.29 is 35.1 Å². The minimum Gasteiger partial charge on any atom is -0.453 e. The van der Waals surface area contributed by atoms with E-state index in [0.29, 0.717) is 0 Å². The summed E-state index contributed by atoms with van der Waals surface area (Å²) in [6.45, 7) is -0.124. The number of sulfonamides is 1. The smallest absolute Gasteiger partial charge is 0.407 e. The number of nitrogens with zero attached hydrogens (tertiary/aromatic N) is 1. The summed E-state index contributed by atoms with van der Waals surface area (Å²) in [6.07, 6.45) is -0.456. The molecule has 1 aromatic rings. The predicted octanol–water partition coefficient (Wildman–Crippen LogP) is 0.802. The lowest BCUT2D eigenvalue weighted by Crippen LogP contribution is -2.38. The fourth-order valence-corrected chi connectivity index (χ4v) is 5.47. The van der Waals surface area contributed by atoms with Crippen LogP contribution in [0.5, 0.6) is 0 Å². The average molecular weight is 398 g/mol. The number of carbonyl (C=O) groups excluding carboxylic acids is 1. The summed E-state index contributed by atoms with van der Waals surface area (Å²) in [6, 6.07) is 3.68. The molecule has 0 aromatic heterocycles. The van der Waals surface area contributed by atoms with Gasteiger partial charge in [-0.25, -0.2) is 21.6 Å². The first-order chi connectivity index (χ1) is 11.6. The van der Waals surface area contributed by atoms with E-state index in [1.165, 1.54) is 12.1 Å². The van der Waals surface area contributed by atoms with Crippen LogP contribution in [0.1, 0.15) is 6.42 Å². The molecular formula is C13H16F2N2O6S2. The standard InChI is InChI=1S/C13H16F2N2O6S2/c1-23-13(18)16-9-6-7-17(8-9)25(21,22)11-5-3-2-4-10(11)24(19,20)12(14)15/h2-5,9,12H,6-8H2,1H3,(H,16,18). The van der Waals surface area contributed by atoms with Crippen LogP contribution in [0.3, 0.4) is 0 Å². The van der Waals surface area contributed by atoms with Crippen molar-refractivity contribution in [2.75, 3.05) is 20.2 Å². The molecule has 1 heterocycles. The second-order valence-electron chi connectivity index (χ2n) is 5.24. The van der Waals surface area contributed by atoms with Crippen molar-refractivity contribution >= 4 is 26.0 Å². The van der Waals surface area contributed by atoms with Gasteiger partial charge in [0.15, 0.2) is 0 Å². The molecule has 1 saturated heterocycles. The van der Waals surface area contributed by atoms with E-state index in [2.05, 4.69) is 10.1 Å². The molecule has 1 N–H and O–H groups in total. The third-order valence-corrected chi connectivity index (χ3v) is 7.16. The number of ether oxygens (including phenoxy) is 1. The van der Waals surface area contributed by atoms with Crippen molar-refractivity contribution in [3.63, 3.8) is 0 Å². The van der Waals surface area contributed by atoms with Gasteiger partial charge in [-0.15, -0.1) is 0 Å². The van der Waals surface area contributed by atoms with Gasteiger partial charge in [-0.05, 0) is 18.6 Å². The molecule has 12 heteroatoms. The third-order valence-electron chi connectivity index (χ3n) is 3.67. The van der Waals surface area contributed by atoms with Crippen molar-refractivity contribution in [1.82, 2.24) is 9.62 Å². The van der Waals surface area contributed by atoms with E-state index in [0.717, 1.165) is 23.5 Å². The van der Waals surface area contributed by atoms with Gasteiger partial charge in [0.05, 0.1) is 12.0 Å². The second-order valence-corrected chi connectivity index (χ2v) is 9.03. The Balaban J connectivity index is 2.35. The van der Waals surface area contributed by atoms with Gasteiger partial charge >= 0.3 is 11.9 Å². The normalized spacial score (nSPS) is 19.1. The van der Waals surface area contributed by atoms with Crippen LogP contribution in [0.25, 0.3) is 0 Å². The first-order valence-electron chi connectivity index (χ1n) is 7.06. The molecule has 1 atom stereocenters. The SMILES string of the molecule is COC(=O)NC1CCN(S(=O)(=O)c2ccccc2S(=O)(=O)C(F)F)C1. The number of alkyl carbamates (subject to hydrolysis) is 1. The minimum atomic E-state index is -5.09. The fraction of sp³-hybridized carbons (Fsp3) is 0.462. The Morgan fingerprint density at radius 2 is 1.84 bits per heavy atom. The topological polar surface area (TPSA) is 110 Å². The largest absolute Gasteiger partial charge is 0.453 e. The first-order valence-corrected chi connectivity index (χ1v) is 10.0. The van der Waals surface area contributed by atoms with E-state index in [4.69, 9.17) is 0 Å². The molecule has 0 aliphatic carbocycles. The lowest BCUT2D eigenvalue weighted by Gasteiger charge is -2.19. The Hall–Kier alpha value is -1.79. The summed E-state index contributed by atoms with van der Waals surface area (Å²) >= 11 is 0. The highest BCUT2D eigenvalue weighted by molar-refractivity contribution is 7.93. The van der Waals surface area contributed by atoms with Gasteiger partial charge < -0.3 is 10.1 Å². The number of halogens is 2. The molecule has 0 spiro atoms. The highest BCUT2D eigenvalue weighted by Gasteiger charge is 2.38. The van der Waals surface area contributed by atoms with Gasteiger partial charge in [-0.3, -0.25) is 0 Å². The highest BCUT2D eigenvalue weighted by atomic mass is 32.2. The summed E-state index contributed by atoms with van der Waals surface area (Å²) in [7, 11) is -8.26. The first kappa shape index (κ1) is 19.5. The third kappa shape index (κ3) is 3.90. The number of rotatable bonds is 5. The molecule has 140 valence electrons. The monoisotopic (exact) mass is 398 g/mol. The van der Waals surface area contributed by atoms with Gasteiger partial charge in [0, 0.05) is 19.1 Å². The lowest BCUT2D eigenvalue weighted by molar-refractivity contribution is 0.167. The summed E-state index contributed by atoms with van der Waals surface area (Å²) in [5.41, 5.74) is 0. The molecule has 2 rings (SSSR count). The lowest BCUT2D eigenvalue weighted by atomic mass is 10.3. The number of carbonyl (C=O) groups is 1. The number of sulfone groups is 1. The molecule has 1 aliphatic heterocycles. The van der Waals surface area contributed by atoms with Crippen LogP contribution in [-0.2, 0) is 24.6 Å². The zero-order chi connectivity index (χ0) is 18.8. The van der Waals surface area contributed by atoms with E-state index in [-0.39, 0.29) is 19.5 Å². The highest BCUT2D eigenvalue weighted by Crippen LogP contribution is 2.29. The Morgan fingerprint density at radius 1 is 1.24 bits per heavy atom. The molecule has 8 nitrogen and oxygen atoms in total. The van der Waals surface area contributed by atoms with Crippen molar-refractivity contribution in [2.45, 2.75) is 28.0 Å². The van der Waals surface area contributed by atoms with Gasteiger partial charge in [-0.2, -0.15) is 13.1 Å².